The highest BCUT2D eigenvalue weighted by atomic mass is 35.5. The van der Waals surface area contributed by atoms with Crippen molar-refractivity contribution in [2.24, 2.45) is 7.05 Å². The largest absolute Gasteiger partial charge is 0.437 e. The predicted octanol–water partition coefficient (Wildman–Crippen LogP) is 4.23. The Morgan fingerprint density at radius 2 is 2.00 bits per heavy atom. The first-order valence-electron chi connectivity index (χ1n) is 8.24. The zero-order valence-electron chi connectivity index (χ0n) is 15.2. The van der Waals surface area contributed by atoms with Gasteiger partial charge in [-0.1, -0.05) is 23.2 Å². The molecule has 0 atom stereocenters. The summed E-state index contributed by atoms with van der Waals surface area (Å²) in [5.74, 6) is 0.470. The number of nitrogens with one attached hydrogen (secondary N) is 1. The minimum absolute atomic E-state index is 0.0149. The van der Waals surface area contributed by atoms with Crippen LogP contribution < -0.4 is 9.46 Å². The van der Waals surface area contributed by atoms with Gasteiger partial charge in [-0.05, 0) is 30.3 Å². The minimum Gasteiger partial charge on any atom is -0.437 e. The molecule has 0 aliphatic carbocycles. The molecule has 0 radical (unpaired) electrons. The SMILES string of the molecule is Cn1nccc1-c1cc(Cl)ccc1Oc1ncc(S(=O)(=O)Nc2ncns2)cc1Cl. The van der Waals surface area contributed by atoms with Crippen molar-refractivity contribution in [3.8, 4) is 22.9 Å². The summed E-state index contributed by atoms with van der Waals surface area (Å²) in [4.78, 5) is 7.73. The van der Waals surface area contributed by atoms with Crippen molar-refractivity contribution in [1.29, 1.82) is 0 Å². The molecule has 30 heavy (non-hydrogen) atoms. The first-order valence-corrected chi connectivity index (χ1v) is 11.3. The fourth-order valence-electron chi connectivity index (χ4n) is 2.56. The molecule has 0 saturated carbocycles. The first-order chi connectivity index (χ1) is 14.3. The summed E-state index contributed by atoms with van der Waals surface area (Å²) in [6.45, 7) is 0. The molecule has 0 unspecified atom stereocenters. The van der Waals surface area contributed by atoms with E-state index in [0.29, 0.717) is 16.3 Å². The Balaban J connectivity index is 1.65. The van der Waals surface area contributed by atoms with Gasteiger partial charge in [0.2, 0.25) is 11.0 Å². The minimum atomic E-state index is -3.92. The van der Waals surface area contributed by atoms with E-state index in [0.717, 1.165) is 23.4 Å². The summed E-state index contributed by atoms with van der Waals surface area (Å²) in [5, 5.41) is 4.81. The van der Waals surface area contributed by atoms with E-state index in [1.54, 1.807) is 36.1 Å². The number of hydrogen-bond donors (Lipinski definition) is 1. The number of aryl methyl sites for hydroxylation is 1. The maximum Gasteiger partial charge on any atom is 0.265 e. The van der Waals surface area contributed by atoms with Crippen LogP contribution in [-0.4, -0.2) is 32.5 Å². The number of benzene rings is 1. The van der Waals surface area contributed by atoms with Crippen LogP contribution in [0.3, 0.4) is 0 Å². The zero-order chi connectivity index (χ0) is 21.3. The van der Waals surface area contributed by atoms with Gasteiger partial charge in [0.05, 0.1) is 11.9 Å². The molecule has 0 bridgehead atoms. The van der Waals surface area contributed by atoms with Crippen LogP contribution in [0.4, 0.5) is 5.13 Å². The molecule has 1 N–H and O–H groups in total. The number of sulfonamides is 1. The highest BCUT2D eigenvalue weighted by Gasteiger charge is 2.20. The van der Waals surface area contributed by atoms with Crippen LogP contribution in [0.2, 0.25) is 10.0 Å². The standard InChI is InChI=1S/C17H12Cl2N6O3S2/c1-25-14(4-5-22-25)12-6-10(18)2-3-15(12)28-16-13(19)7-11(8-20-16)30(26,27)24-17-21-9-23-29-17/h2-9H,1H3,(H,21,23,24). The quantitative estimate of drug-likeness (QED) is 0.437. The molecule has 0 fully saturated rings. The molecule has 9 nitrogen and oxygen atoms in total. The van der Waals surface area contributed by atoms with Crippen LogP contribution in [0.1, 0.15) is 0 Å². The molecule has 0 spiro atoms. The molecule has 0 aliphatic heterocycles. The second-order valence-corrected chi connectivity index (χ2v) is 9.20. The van der Waals surface area contributed by atoms with E-state index in [-0.39, 0.29) is 20.9 Å². The fourth-order valence-corrected chi connectivity index (χ4v) is 4.63. The van der Waals surface area contributed by atoms with Gasteiger partial charge in [0.25, 0.3) is 10.0 Å². The molecule has 0 amide bonds. The normalized spacial score (nSPS) is 11.4. The molecular formula is C17H12Cl2N6O3S2. The molecule has 0 aliphatic rings. The van der Waals surface area contributed by atoms with Gasteiger partial charge in [-0.25, -0.2) is 18.4 Å². The third-order valence-electron chi connectivity index (χ3n) is 3.92. The Labute approximate surface area is 185 Å². The average Bonchev–Trinajstić information content (AvgIpc) is 3.35. The number of rotatable bonds is 6. The van der Waals surface area contributed by atoms with E-state index in [1.807, 2.05) is 6.07 Å². The number of hydrogen-bond acceptors (Lipinski definition) is 8. The third-order valence-corrected chi connectivity index (χ3v) is 6.44. The lowest BCUT2D eigenvalue weighted by atomic mass is 10.1. The number of anilines is 1. The van der Waals surface area contributed by atoms with Crippen molar-refractivity contribution >= 4 is 49.9 Å². The van der Waals surface area contributed by atoms with Crippen molar-refractivity contribution < 1.29 is 13.2 Å². The fraction of sp³-hybridized carbons (Fsp3) is 0.0588. The molecule has 3 aromatic heterocycles. The van der Waals surface area contributed by atoms with E-state index in [1.165, 1.54) is 12.4 Å². The Bertz CT molecular complexity index is 1310. The summed E-state index contributed by atoms with van der Waals surface area (Å²) in [6, 6.07) is 8.11. The monoisotopic (exact) mass is 482 g/mol. The second kappa shape index (κ2) is 8.19. The molecule has 13 heteroatoms. The number of ether oxygens (including phenoxy) is 1. The number of aromatic nitrogens is 5. The Kier molecular flexibility index (Phi) is 5.60. The van der Waals surface area contributed by atoms with Gasteiger partial charge in [0.1, 0.15) is 22.0 Å². The van der Waals surface area contributed by atoms with Gasteiger partial charge in [0, 0.05) is 35.4 Å². The smallest absolute Gasteiger partial charge is 0.265 e. The van der Waals surface area contributed by atoms with Gasteiger partial charge in [0.15, 0.2) is 0 Å². The van der Waals surface area contributed by atoms with Gasteiger partial charge < -0.3 is 4.74 Å². The van der Waals surface area contributed by atoms with Crippen LogP contribution >= 0.6 is 34.7 Å². The van der Waals surface area contributed by atoms with Crippen LogP contribution in [0.25, 0.3) is 11.3 Å². The summed E-state index contributed by atoms with van der Waals surface area (Å²) in [6.07, 6.45) is 4.04. The molecule has 154 valence electrons. The maximum atomic E-state index is 12.5. The highest BCUT2D eigenvalue weighted by Crippen LogP contribution is 2.37. The molecule has 4 rings (SSSR count). The van der Waals surface area contributed by atoms with Gasteiger partial charge in [-0.15, -0.1) is 0 Å². The van der Waals surface area contributed by atoms with E-state index in [9.17, 15) is 8.42 Å². The summed E-state index contributed by atoms with van der Waals surface area (Å²) >= 11 is 13.3. The highest BCUT2D eigenvalue weighted by molar-refractivity contribution is 7.93. The molecular weight excluding hydrogens is 471 g/mol. The summed E-state index contributed by atoms with van der Waals surface area (Å²) < 4.78 is 38.5. The van der Waals surface area contributed by atoms with Crippen LogP contribution in [0.5, 0.6) is 11.6 Å². The lowest BCUT2D eigenvalue weighted by Crippen LogP contribution is -2.13. The maximum absolute atomic E-state index is 12.5. The molecule has 1 aromatic carbocycles. The van der Waals surface area contributed by atoms with E-state index >= 15 is 0 Å². The molecule has 0 saturated heterocycles. The number of nitrogens with zero attached hydrogens (tertiary/aromatic N) is 5. The van der Waals surface area contributed by atoms with Crippen LogP contribution in [0, 0.1) is 0 Å². The Hall–Kier alpha value is -2.73. The number of halogens is 2. The van der Waals surface area contributed by atoms with Crippen LogP contribution in [0.15, 0.2) is 53.9 Å². The van der Waals surface area contributed by atoms with E-state index in [4.69, 9.17) is 27.9 Å². The van der Waals surface area contributed by atoms with Crippen LogP contribution in [-0.2, 0) is 17.1 Å². The first kappa shape index (κ1) is 20.5. The topological polar surface area (TPSA) is 112 Å². The summed E-state index contributed by atoms with van der Waals surface area (Å²) in [5.41, 5.74) is 1.44. The zero-order valence-corrected chi connectivity index (χ0v) is 18.3. The lowest BCUT2D eigenvalue weighted by Gasteiger charge is -2.13. The Morgan fingerprint density at radius 1 is 1.17 bits per heavy atom. The molecule has 4 aromatic rings. The number of pyridine rings is 1. The second-order valence-electron chi connectivity index (χ2n) is 5.89. The predicted molar refractivity (Wildman–Crippen MR) is 114 cm³/mol. The lowest BCUT2D eigenvalue weighted by molar-refractivity contribution is 0.463. The van der Waals surface area contributed by atoms with Crippen molar-refractivity contribution in [3.63, 3.8) is 0 Å². The van der Waals surface area contributed by atoms with Crippen molar-refractivity contribution in [1.82, 2.24) is 24.1 Å². The van der Waals surface area contributed by atoms with E-state index < -0.39 is 10.0 Å². The van der Waals surface area contributed by atoms with Gasteiger partial charge in [-0.3, -0.25) is 9.40 Å². The average molecular weight is 483 g/mol. The van der Waals surface area contributed by atoms with Gasteiger partial charge >= 0.3 is 0 Å². The van der Waals surface area contributed by atoms with E-state index in [2.05, 4.69) is 24.2 Å². The van der Waals surface area contributed by atoms with Crippen molar-refractivity contribution in [2.75, 3.05) is 4.72 Å². The van der Waals surface area contributed by atoms with Gasteiger partial charge in [-0.2, -0.15) is 9.47 Å². The molecule has 3 heterocycles. The third kappa shape index (κ3) is 4.24. The summed E-state index contributed by atoms with van der Waals surface area (Å²) in [7, 11) is -2.14. The van der Waals surface area contributed by atoms with Crippen molar-refractivity contribution in [3.05, 3.63) is 59.1 Å². The Morgan fingerprint density at radius 3 is 2.67 bits per heavy atom. The van der Waals surface area contributed by atoms with Crippen molar-refractivity contribution in [2.45, 2.75) is 4.90 Å².